The Kier molecular flexibility index (Phi) is 8.69. The van der Waals surface area contributed by atoms with Crippen molar-refractivity contribution in [2.24, 2.45) is 11.8 Å². The second-order valence-electron chi connectivity index (χ2n) is 10.4. The minimum absolute atomic E-state index is 0.0748. The van der Waals surface area contributed by atoms with Crippen molar-refractivity contribution in [2.75, 3.05) is 26.2 Å². The molecule has 3 fully saturated rings. The first-order valence-corrected chi connectivity index (χ1v) is 15.3. The highest BCUT2D eigenvalue weighted by Gasteiger charge is 2.34. The summed E-state index contributed by atoms with van der Waals surface area (Å²) in [5.74, 6) is 0.514. The second kappa shape index (κ2) is 11.5. The van der Waals surface area contributed by atoms with Crippen LogP contribution in [-0.4, -0.2) is 61.7 Å². The van der Waals surface area contributed by atoms with Gasteiger partial charge in [0.25, 0.3) is 15.9 Å². The predicted molar refractivity (Wildman–Crippen MR) is 134 cm³/mol. The molecule has 1 aromatic rings. The van der Waals surface area contributed by atoms with E-state index in [2.05, 4.69) is 12.2 Å². The van der Waals surface area contributed by atoms with E-state index in [-0.39, 0.29) is 28.0 Å². The summed E-state index contributed by atoms with van der Waals surface area (Å²) in [5.41, 5.74) is 0.464. The summed E-state index contributed by atoms with van der Waals surface area (Å²) in [4.78, 5) is 27.5. The normalized spacial score (nSPS) is 22.8. The average Bonchev–Trinajstić information content (AvgIpc) is 3.32. The van der Waals surface area contributed by atoms with Crippen LogP contribution in [0.3, 0.4) is 0 Å². The Balaban J connectivity index is 1.30. The molecule has 190 valence electrons. The van der Waals surface area contributed by atoms with E-state index in [4.69, 9.17) is 0 Å². The van der Waals surface area contributed by atoms with Crippen LogP contribution in [0.1, 0.15) is 87.9 Å². The SMILES string of the molecule is CC1CCN(C(=O)c2csc(S(=O)(=O)N3CCC(C(=O)NC4CCCCCCC4)CC3)c2)CC1. The topological polar surface area (TPSA) is 86.8 Å². The zero-order valence-corrected chi connectivity index (χ0v) is 22.0. The van der Waals surface area contributed by atoms with Gasteiger partial charge in [-0.2, -0.15) is 4.31 Å². The molecule has 1 saturated carbocycles. The van der Waals surface area contributed by atoms with Crippen molar-refractivity contribution in [2.45, 2.75) is 87.8 Å². The summed E-state index contributed by atoms with van der Waals surface area (Å²) in [7, 11) is -3.65. The van der Waals surface area contributed by atoms with E-state index >= 15 is 0 Å². The number of likely N-dealkylation sites (tertiary alicyclic amines) is 1. The molecule has 34 heavy (non-hydrogen) atoms. The molecule has 1 aromatic heterocycles. The van der Waals surface area contributed by atoms with Crippen LogP contribution in [0.25, 0.3) is 0 Å². The highest BCUT2D eigenvalue weighted by molar-refractivity contribution is 7.91. The Morgan fingerprint density at radius 2 is 1.53 bits per heavy atom. The second-order valence-corrected chi connectivity index (χ2v) is 13.4. The van der Waals surface area contributed by atoms with Gasteiger partial charge in [-0.3, -0.25) is 9.59 Å². The summed E-state index contributed by atoms with van der Waals surface area (Å²) in [5, 5.41) is 4.91. The van der Waals surface area contributed by atoms with Crippen molar-refractivity contribution < 1.29 is 18.0 Å². The number of nitrogens with one attached hydrogen (secondary N) is 1. The van der Waals surface area contributed by atoms with E-state index in [9.17, 15) is 18.0 Å². The molecule has 0 bridgehead atoms. The lowest BCUT2D eigenvalue weighted by molar-refractivity contribution is -0.127. The molecule has 0 radical (unpaired) electrons. The Morgan fingerprint density at radius 1 is 0.912 bits per heavy atom. The highest BCUT2D eigenvalue weighted by Crippen LogP contribution is 2.29. The predicted octanol–water partition coefficient (Wildman–Crippen LogP) is 4.25. The third-order valence-corrected chi connectivity index (χ3v) is 11.1. The Bertz CT molecular complexity index is 937. The van der Waals surface area contributed by atoms with Gasteiger partial charge in [0.15, 0.2) is 0 Å². The van der Waals surface area contributed by atoms with Crippen molar-refractivity contribution in [3.8, 4) is 0 Å². The molecule has 0 spiro atoms. The third kappa shape index (κ3) is 6.21. The number of amides is 2. The fourth-order valence-corrected chi connectivity index (χ4v) is 8.14. The Hall–Kier alpha value is -1.45. The summed E-state index contributed by atoms with van der Waals surface area (Å²) < 4.78 is 28.1. The zero-order valence-electron chi connectivity index (χ0n) is 20.3. The molecule has 2 amide bonds. The molecular formula is C25H39N3O4S2. The van der Waals surface area contributed by atoms with E-state index in [0.717, 1.165) is 50.1 Å². The molecule has 2 aliphatic heterocycles. The van der Waals surface area contributed by atoms with Gasteiger partial charge in [-0.1, -0.05) is 39.0 Å². The standard InChI is InChI=1S/C25H39N3O4S2/c1-19-9-13-27(14-10-19)25(30)21-17-23(33-18-21)34(31,32)28-15-11-20(12-16-28)24(29)26-22-7-5-3-2-4-6-8-22/h17-20,22H,2-16H2,1H3,(H,26,29). The molecule has 3 aliphatic rings. The monoisotopic (exact) mass is 509 g/mol. The van der Waals surface area contributed by atoms with Crippen LogP contribution in [0.5, 0.6) is 0 Å². The Labute approximate surface area is 208 Å². The molecule has 0 unspecified atom stereocenters. The maximum absolute atomic E-state index is 13.2. The quantitative estimate of drug-likeness (QED) is 0.643. The molecule has 1 N–H and O–H groups in total. The van der Waals surface area contributed by atoms with Crippen LogP contribution in [-0.2, 0) is 14.8 Å². The van der Waals surface area contributed by atoms with Crippen LogP contribution >= 0.6 is 11.3 Å². The number of carbonyl (C=O) groups excluding carboxylic acids is 2. The van der Waals surface area contributed by atoms with Gasteiger partial charge in [0.1, 0.15) is 4.21 Å². The molecule has 4 rings (SSSR count). The molecule has 3 heterocycles. The van der Waals surface area contributed by atoms with Crippen LogP contribution in [0, 0.1) is 11.8 Å². The van der Waals surface area contributed by atoms with Gasteiger partial charge in [0.2, 0.25) is 5.91 Å². The van der Waals surface area contributed by atoms with E-state index in [1.165, 1.54) is 42.5 Å². The number of sulfonamides is 1. The Morgan fingerprint density at radius 3 is 2.18 bits per heavy atom. The highest BCUT2D eigenvalue weighted by atomic mass is 32.2. The molecule has 1 aliphatic carbocycles. The first-order chi connectivity index (χ1) is 16.3. The summed E-state index contributed by atoms with van der Waals surface area (Å²) in [6, 6.07) is 1.80. The van der Waals surface area contributed by atoms with Gasteiger partial charge >= 0.3 is 0 Å². The smallest absolute Gasteiger partial charge is 0.254 e. The molecule has 0 aromatic carbocycles. The van der Waals surface area contributed by atoms with Crippen molar-refractivity contribution >= 4 is 33.2 Å². The van der Waals surface area contributed by atoms with Crippen molar-refractivity contribution in [3.63, 3.8) is 0 Å². The van der Waals surface area contributed by atoms with Crippen LogP contribution < -0.4 is 5.32 Å². The lowest BCUT2D eigenvalue weighted by Crippen LogP contribution is -2.45. The van der Waals surface area contributed by atoms with Gasteiger partial charge < -0.3 is 10.2 Å². The molecule has 7 nitrogen and oxygen atoms in total. The first kappa shape index (κ1) is 25.6. The van der Waals surface area contributed by atoms with Crippen molar-refractivity contribution in [1.29, 1.82) is 0 Å². The fourth-order valence-electron chi connectivity index (χ4n) is 5.36. The van der Waals surface area contributed by atoms with Crippen molar-refractivity contribution in [1.82, 2.24) is 14.5 Å². The lowest BCUT2D eigenvalue weighted by Gasteiger charge is -2.31. The summed E-state index contributed by atoms with van der Waals surface area (Å²) >= 11 is 1.12. The zero-order chi connectivity index (χ0) is 24.1. The number of nitrogens with zero attached hydrogens (tertiary/aromatic N) is 2. The fraction of sp³-hybridized carbons (Fsp3) is 0.760. The van der Waals surface area contributed by atoms with Gasteiger partial charge in [-0.25, -0.2) is 8.42 Å². The number of thiophene rings is 1. The van der Waals surface area contributed by atoms with Crippen molar-refractivity contribution in [3.05, 3.63) is 17.0 Å². The summed E-state index contributed by atoms with van der Waals surface area (Å²) in [6.07, 6.45) is 11.3. The lowest BCUT2D eigenvalue weighted by atomic mass is 9.94. The number of piperidine rings is 2. The van der Waals surface area contributed by atoms with Crippen LogP contribution in [0.4, 0.5) is 0 Å². The van der Waals surface area contributed by atoms with E-state index in [1.54, 1.807) is 5.38 Å². The van der Waals surface area contributed by atoms with E-state index in [1.807, 2.05) is 4.90 Å². The van der Waals surface area contributed by atoms with Gasteiger partial charge in [0, 0.05) is 43.5 Å². The number of hydrogen-bond donors (Lipinski definition) is 1. The largest absolute Gasteiger partial charge is 0.353 e. The third-order valence-electron chi connectivity index (χ3n) is 7.76. The summed E-state index contributed by atoms with van der Waals surface area (Å²) in [6.45, 7) is 4.34. The number of carbonyl (C=O) groups is 2. The molecular weight excluding hydrogens is 470 g/mol. The van der Waals surface area contributed by atoms with Gasteiger partial charge in [-0.15, -0.1) is 11.3 Å². The van der Waals surface area contributed by atoms with Crippen LogP contribution in [0.2, 0.25) is 0 Å². The van der Waals surface area contributed by atoms with Gasteiger partial charge in [-0.05, 0) is 50.5 Å². The average molecular weight is 510 g/mol. The van der Waals surface area contributed by atoms with E-state index in [0.29, 0.717) is 37.4 Å². The molecule has 0 atom stereocenters. The number of rotatable bonds is 5. The maximum Gasteiger partial charge on any atom is 0.254 e. The number of hydrogen-bond acceptors (Lipinski definition) is 5. The van der Waals surface area contributed by atoms with Crippen LogP contribution in [0.15, 0.2) is 15.7 Å². The maximum atomic E-state index is 13.2. The minimum atomic E-state index is -3.65. The molecule has 9 heteroatoms. The van der Waals surface area contributed by atoms with E-state index < -0.39 is 10.0 Å². The minimum Gasteiger partial charge on any atom is -0.353 e. The first-order valence-electron chi connectivity index (χ1n) is 13.0. The molecule has 2 saturated heterocycles. The van der Waals surface area contributed by atoms with Gasteiger partial charge in [0.05, 0.1) is 5.56 Å².